The minimum Gasteiger partial charge on any atom is -0.497 e. The second-order valence-corrected chi connectivity index (χ2v) is 4.55. The molecular weight excluding hydrogens is 276 g/mol. The molecule has 6 heteroatoms. The smallest absolute Gasteiger partial charge is 0.338 e. The number of esters is 1. The molecule has 0 spiro atoms. The van der Waals surface area contributed by atoms with Gasteiger partial charge in [-0.25, -0.2) is 4.79 Å². The Morgan fingerprint density at radius 1 is 1.24 bits per heavy atom. The molecule has 0 aliphatic rings. The number of hydrogen-bond donors (Lipinski definition) is 1. The number of methoxy groups -OCH3 is 2. The number of ether oxygens (including phenoxy) is 3. The highest BCUT2D eigenvalue weighted by Crippen LogP contribution is 2.30. The lowest BCUT2D eigenvalue weighted by atomic mass is 10.0. The summed E-state index contributed by atoms with van der Waals surface area (Å²) in [5.74, 6) is -0.959. The topological polar surface area (TPSA) is 82.1 Å². The summed E-state index contributed by atoms with van der Waals surface area (Å²) in [7, 11) is 2.86. The molecule has 1 aromatic carbocycles. The van der Waals surface area contributed by atoms with Crippen molar-refractivity contribution >= 4 is 11.9 Å². The highest BCUT2D eigenvalue weighted by atomic mass is 16.5. The van der Waals surface area contributed by atoms with Gasteiger partial charge in [-0.1, -0.05) is 6.92 Å². The molecule has 1 aromatic rings. The molecule has 1 atom stereocenters. The van der Waals surface area contributed by atoms with Crippen LogP contribution in [0, 0.1) is 0 Å². The van der Waals surface area contributed by atoms with Crippen molar-refractivity contribution in [3.63, 3.8) is 0 Å². The van der Waals surface area contributed by atoms with Crippen LogP contribution in [0.25, 0.3) is 0 Å². The third kappa shape index (κ3) is 4.37. The molecule has 0 aliphatic heterocycles. The first-order chi connectivity index (χ1) is 9.92. The summed E-state index contributed by atoms with van der Waals surface area (Å²) in [6, 6.07) is 3.00. The fourth-order valence-corrected chi connectivity index (χ4v) is 1.77. The van der Waals surface area contributed by atoms with Crippen LogP contribution in [0.5, 0.6) is 11.5 Å². The summed E-state index contributed by atoms with van der Waals surface area (Å²) in [5.41, 5.74) is 0.424. The number of carboxylic acids is 1. The highest BCUT2D eigenvalue weighted by molar-refractivity contribution is 5.94. The molecule has 1 rings (SSSR count). The molecule has 0 heterocycles. The number of carbonyl (C=O) groups is 2. The molecule has 0 aliphatic carbocycles. The monoisotopic (exact) mass is 296 g/mol. The van der Waals surface area contributed by atoms with Crippen LogP contribution in [0.3, 0.4) is 0 Å². The second kappa shape index (κ2) is 7.52. The van der Waals surface area contributed by atoms with Gasteiger partial charge in [0.15, 0.2) is 0 Å². The fraction of sp³-hybridized carbons (Fsp3) is 0.467. The Morgan fingerprint density at radius 3 is 2.38 bits per heavy atom. The maximum absolute atomic E-state index is 12.2. The number of hydrogen-bond acceptors (Lipinski definition) is 5. The summed E-state index contributed by atoms with van der Waals surface area (Å²) in [5, 5.41) is 9.01. The largest absolute Gasteiger partial charge is 0.497 e. The predicted octanol–water partition coefficient (Wildman–Crippen LogP) is 2.29. The molecule has 1 unspecified atom stereocenters. The molecule has 0 radical (unpaired) electrons. The Hall–Kier alpha value is -2.24. The van der Waals surface area contributed by atoms with Crippen LogP contribution in [0.4, 0.5) is 0 Å². The van der Waals surface area contributed by atoms with Crippen molar-refractivity contribution in [2.45, 2.75) is 32.8 Å². The Kier molecular flexibility index (Phi) is 6.02. The van der Waals surface area contributed by atoms with E-state index in [1.807, 2.05) is 6.92 Å². The van der Waals surface area contributed by atoms with Gasteiger partial charge >= 0.3 is 11.9 Å². The van der Waals surface area contributed by atoms with Gasteiger partial charge in [0.1, 0.15) is 11.5 Å². The lowest BCUT2D eigenvalue weighted by Crippen LogP contribution is -2.17. The molecule has 1 N–H and O–H groups in total. The normalized spacial score (nSPS) is 11.6. The zero-order valence-corrected chi connectivity index (χ0v) is 12.6. The van der Waals surface area contributed by atoms with Gasteiger partial charge in [0, 0.05) is 11.6 Å². The van der Waals surface area contributed by atoms with E-state index in [1.54, 1.807) is 6.92 Å². The minimum atomic E-state index is -1.06. The summed E-state index contributed by atoms with van der Waals surface area (Å²) in [4.78, 5) is 23.2. The number of aliphatic carboxylic acids is 1. The van der Waals surface area contributed by atoms with Gasteiger partial charge in [-0.05, 0) is 19.4 Å². The summed E-state index contributed by atoms with van der Waals surface area (Å²) >= 11 is 0. The Morgan fingerprint density at radius 2 is 1.90 bits per heavy atom. The van der Waals surface area contributed by atoms with E-state index in [4.69, 9.17) is 19.3 Å². The fourth-order valence-electron chi connectivity index (χ4n) is 1.77. The van der Waals surface area contributed by atoms with Gasteiger partial charge < -0.3 is 19.3 Å². The summed E-state index contributed by atoms with van der Waals surface area (Å²) < 4.78 is 15.5. The standard InChI is InChI=1S/C15H20O6/c1-5-9(2)21-15(18)12-6-10(19-3)7-13(20-4)11(12)8-14(16)17/h6-7,9H,5,8H2,1-4H3,(H,16,17). The zero-order valence-electron chi connectivity index (χ0n) is 12.6. The molecule has 0 aromatic heterocycles. The number of benzene rings is 1. The van der Waals surface area contributed by atoms with Gasteiger partial charge in [-0.3, -0.25) is 4.79 Å². The van der Waals surface area contributed by atoms with Crippen molar-refractivity contribution < 1.29 is 28.9 Å². The van der Waals surface area contributed by atoms with E-state index >= 15 is 0 Å². The first kappa shape index (κ1) is 16.8. The average Bonchev–Trinajstić information content (AvgIpc) is 2.46. The Bertz CT molecular complexity index is 523. The molecule has 21 heavy (non-hydrogen) atoms. The molecule has 0 bridgehead atoms. The average molecular weight is 296 g/mol. The highest BCUT2D eigenvalue weighted by Gasteiger charge is 2.22. The van der Waals surface area contributed by atoms with Crippen molar-refractivity contribution in [3.05, 3.63) is 23.3 Å². The van der Waals surface area contributed by atoms with Crippen LogP contribution in [0.15, 0.2) is 12.1 Å². The molecular formula is C15H20O6. The van der Waals surface area contributed by atoms with E-state index < -0.39 is 11.9 Å². The Balaban J connectivity index is 3.30. The maximum Gasteiger partial charge on any atom is 0.338 e. The van der Waals surface area contributed by atoms with Crippen LogP contribution >= 0.6 is 0 Å². The SMILES string of the molecule is CCC(C)OC(=O)c1cc(OC)cc(OC)c1CC(=O)O. The molecule has 0 amide bonds. The number of rotatable bonds is 7. The quantitative estimate of drug-likeness (QED) is 0.777. The van der Waals surface area contributed by atoms with Gasteiger partial charge in [0.2, 0.25) is 0 Å². The van der Waals surface area contributed by atoms with E-state index in [-0.39, 0.29) is 29.4 Å². The summed E-state index contributed by atoms with van der Waals surface area (Å²) in [6.07, 6.45) is 0.0755. The van der Waals surface area contributed by atoms with Gasteiger partial charge in [-0.2, -0.15) is 0 Å². The third-order valence-electron chi connectivity index (χ3n) is 3.07. The molecule has 0 saturated carbocycles. The van der Waals surface area contributed by atoms with Crippen LogP contribution < -0.4 is 9.47 Å². The van der Waals surface area contributed by atoms with Crippen LogP contribution in [0.1, 0.15) is 36.2 Å². The maximum atomic E-state index is 12.2. The number of carbonyl (C=O) groups excluding carboxylic acids is 1. The predicted molar refractivity (Wildman–Crippen MR) is 76.1 cm³/mol. The van der Waals surface area contributed by atoms with Crippen LogP contribution in [0.2, 0.25) is 0 Å². The van der Waals surface area contributed by atoms with E-state index in [1.165, 1.54) is 26.4 Å². The Labute approximate surface area is 123 Å². The van der Waals surface area contributed by atoms with E-state index in [0.29, 0.717) is 12.2 Å². The van der Waals surface area contributed by atoms with Gasteiger partial charge in [0.05, 0.1) is 32.3 Å². The van der Waals surface area contributed by atoms with E-state index in [9.17, 15) is 9.59 Å². The summed E-state index contributed by atoms with van der Waals surface area (Å²) in [6.45, 7) is 3.66. The lowest BCUT2D eigenvalue weighted by Gasteiger charge is -2.16. The van der Waals surface area contributed by atoms with Crippen molar-refractivity contribution in [1.29, 1.82) is 0 Å². The first-order valence-electron chi connectivity index (χ1n) is 6.60. The van der Waals surface area contributed by atoms with Crippen LogP contribution in [-0.4, -0.2) is 37.4 Å². The van der Waals surface area contributed by atoms with E-state index in [0.717, 1.165) is 0 Å². The molecule has 0 fully saturated rings. The van der Waals surface area contributed by atoms with Crippen molar-refractivity contribution in [3.8, 4) is 11.5 Å². The lowest BCUT2D eigenvalue weighted by molar-refractivity contribution is -0.136. The van der Waals surface area contributed by atoms with Crippen LogP contribution in [-0.2, 0) is 16.0 Å². The van der Waals surface area contributed by atoms with Crippen molar-refractivity contribution in [1.82, 2.24) is 0 Å². The molecule has 116 valence electrons. The second-order valence-electron chi connectivity index (χ2n) is 4.55. The van der Waals surface area contributed by atoms with Crippen molar-refractivity contribution in [2.75, 3.05) is 14.2 Å². The zero-order chi connectivity index (χ0) is 16.0. The first-order valence-corrected chi connectivity index (χ1v) is 6.60. The third-order valence-corrected chi connectivity index (χ3v) is 3.07. The minimum absolute atomic E-state index is 0.147. The molecule has 6 nitrogen and oxygen atoms in total. The number of carboxylic acid groups (broad SMARTS) is 1. The van der Waals surface area contributed by atoms with Gasteiger partial charge in [0.25, 0.3) is 0 Å². The van der Waals surface area contributed by atoms with E-state index in [2.05, 4.69) is 0 Å². The molecule has 0 saturated heterocycles. The van der Waals surface area contributed by atoms with Gasteiger partial charge in [-0.15, -0.1) is 0 Å². The van der Waals surface area contributed by atoms with Crippen molar-refractivity contribution in [2.24, 2.45) is 0 Å².